The minimum atomic E-state index is -0.388. The highest BCUT2D eigenvalue weighted by Crippen LogP contribution is 2.27. The third-order valence-corrected chi connectivity index (χ3v) is 3.53. The van der Waals surface area contributed by atoms with E-state index >= 15 is 0 Å². The van der Waals surface area contributed by atoms with Crippen LogP contribution < -0.4 is 5.32 Å². The van der Waals surface area contributed by atoms with E-state index in [0.29, 0.717) is 11.5 Å². The lowest BCUT2D eigenvalue weighted by atomic mass is 10.1. The molecule has 0 aliphatic heterocycles. The lowest BCUT2D eigenvalue weighted by Crippen LogP contribution is -2.11. The molecule has 0 bridgehead atoms. The SMILES string of the molecule is Cc1cc(C(=O)Nc2cc(-c3ccccc3Br)[nH]n2)on1. The van der Waals surface area contributed by atoms with Crippen LogP contribution in [0.15, 0.2) is 45.4 Å². The van der Waals surface area contributed by atoms with Gasteiger partial charge >= 0.3 is 0 Å². The summed E-state index contributed by atoms with van der Waals surface area (Å²) < 4.78 is 5.84. The molecule has 0 saturated heterocycles. The Morgan fingerprint density at radius 1 is 1.33 bits per heavy atom. The Labute approximate surface area is 128 Å². The number of halogens is 1. The first kappa shape index (κ1) is 13.6. The Kier molecular flexibility index (Phi) is 3.57. The van der Waals surface area contributed by atoms with Gasteiger partial charge in [-0.3, -0.25) is 9.89 Å². The molecule has 2 aromatic heterocycles. The Hall–Kier alpha value is -2.41. The molecule has 0 saturated carbocycles. The van der Waals surface area contributed by atoms with E-state index in [1.807, 2.05) is 24.3 Å². The van der Waals surface area contributed by atoms with E-state index < -0.39 is 0 Å². The second kappa shape index (κ2) is 5.53. The van der Waals surface area contributed by atoms with Gasteiger partial charge in [0, 0.05) is 22.2 Å². The van der Waals surface area contributed by atoms with E-state index in [-0.39, 0.29) is 11.7 Å². The maximum Gasteiger partial charge on any atom is 0.295 e. The van der Waals surface area contributed by atoms with Crippen LogP contribution in [0.3, 0.4) is 0 Å². The fourth-order valence-electron chi connectivity index (χ4n) is 1.85. The zero-order valence-electron chi connectivity index (χ0n) is 11.1. The zero-order chi connectivity index (χ0) is 14.8. The maximum absolute atomic E-state index is 11.9. The molecule has 0 aliphatic rings. The molecule has 3 aromatic rings. The summed E-state index contributed by atoms with van der Waals surface area (Å²) in [5.41, 5.74) is 2.41. The molecule has 0 atom stereocenters. The highest BCUT2D eigenvalue weighted by atomic mass is 79.9. The van der Waals surface area contributed by atoms with Gasteiger partial charge in [0.2, 0.25) is 5.76 Å². The minimum absolute atomic E-state index is 0.151. The number of H-pyrrole nitrogens is 1. The molecule has 3 rings (SSSR count). The van der Waals surface area contributed by atoms with Crippen LogP contribution >= 0.6 is 15.9 Å². The molecule has 1 amide bonds. The quantitative estimate of drug-likeness (QED) is 0.761. The number of carbonyl (C=O) groups is 1. The van der Waals surface area contributed by atoms with Gasteiger partial charge < -0.3 is 9.84 Å². The average Bonchev–Trinajstić information content (AvgIpc) is 3.08. The fraction of sp³-hybridized carbons (Fsp3) is 0.0714. The van der Waals surface area contributed by atoms with E-state index in [9.17, 15) is 4.79 Å². The summed E-state index contributed by atoms with van der Waals surface area (Å²) in [5.74, 6) is 0.179. The number of aromatic amines is 1. The summed E-state index contributed by atoms with van der Waals surface area (Å²) in [6.07, 6.45) is 0. The van der Waals surface area contributed by atoms with E-state index in [4.69, 9.17) is 4.52 Å². The molecule has 7 heteroatoms. The lowest BCUT2D eigenvalue weighted by molar-refractivity contribution is 0.0987. The molecule has 0 radical (unpaired) electrons. The highest BCUT2D eigenvalue weighted by Gasteiger charge is 2.14. The summed E-state index contributed by atoms with van der Waals surface area (Å²) in [5, 5.41) is 13.3. The first-order valence-electron chi connectivity index (χ1n) is 6.18. The standard InChI is InChI=1S/C14H11BrN4O2/c1-8-6-12(21-19-8)14(20)16-13-7-11(17-18-13)9-4-2-3-5-10(9)15/h2-7H,1H3,(H2,16,17,18,20). The normalized spacial score (nSPS) is 10.6. The van der Waals surface area contributed by atoms with Crippen LogP contribution in [0, 0.1) is 6.92 Å². The van der Waals surface area contributed by atoms with Gasteiger partial charge in [0.05, 0.1) is 11.4 Å². The number of rotatable bonds is 3. The van der Waals surface area contributed by atoms with E-state index in [0.717, 1.165) is 15.7 Å². The summed E-state index contributed by atoms with van der Waals surface area (Å²) in [4.78, 5) is 11.9. The van der Waals surface area contributed by atoms with Crippen molar-refractivity contribution in [3.05, 3.63) is 52.3 Å². The van der Waals surface area contributed by atoms with Crippen molar-refractivity contribution in [2.75, 3.05) is 5.32 Å². The van der Waals surface area contributed by atoms with Gasteiger partial charge in [-0.25, -0.2) is 0 Å². The molecule has 2 heterocycles. The topological polar surface area (TPSA) is 83.8 Å². The molecule has 106 valence electrons. The Balaban J connectivity index is 1.80. The van der Waals surface area contributed by atoms with Crippen LogP contribution in [-0.2, 0) is 0 Å². The van der Waals surface area contributed by atoms with Crippen LogP contribution in [0.4, 0.5) is 5.82 Å². The van der Waals surface area contributed by atoms with Crippen LogP contribution in [-0.4, -0.2) is 21.3 Å². The van der Waals surface area contributed by atoms with Crippen LogP contribution in [0.2, 0.25) is 0 Å². The van der Waals surface area contributed by atoms with E-state index in [2.05, 4.69) is 36.6 Å². The molecule has 0 fully saturated rings. The minimum Gasteiger partial charge on any atom is -0.351 e. The third kappa shape index (κ3) is 2.87. The summed E-state index contributed by atoms with van der Waals surface area (Å²) in [6.45, 7) is 1.75. The number of hydrogen-bond donors (Lipinski definition) is 2. The monoisotopic (exact) mass is 346 g/mol. The molecule has 21 heavy (non-hydrogen) atoms. The number of carbonyl (C=O) groups excluding carboxylic acids is 1. The van der Waals surface area contributed by atoms with Gasteiger partial charge in [-0.2, -0.15) is 5.10 Å². The Morgan fingerprint density at radius 2 is 2.14 bits per heavy atom. The summed E-state index contributed by atoms with van der Waals surface area (Å²) >= 11 is 3.47. The van der Waals surface area contributed by atoms with Crippen molar-refractivity contribution >= 4 is 27.7 Å². The van der Waals surface area contributed by atoms with Gasteiger partial charge in [0.25, 0.3) is 5.91 Å². The van der Waals surface area contributed by atoms with Gasteiger partial charge in [-0.05, 0) is 13.0 Å². The van der Waals surface area contributed by atoms with E-state index in [1.165, 1.54) is 0 Å². The second-order valence-electron chi connectivity index (χ2n) is 4.43. The number of amides is 1. The van der Waals surface area contributed by atoms with Crippen LogP contribution in [0.1, 0.15) is 16.2 Å². The van der Waals surface area contributed by atoms with Crippen LogP contribution in [0.5, 0.6) is 0 Å². The molecular weight excluding hydrogens is 336 g/mol. The Morgan fingerprint density at radius 3 is 2.86 bits per heavy atom. The van der Waals surface area contributed by atoms with Crippen molar-refractivity contribution in [2.45, 2.75) is 6.92 Å². The van der Waals surface area contributed by atoms with Gasteiger partial charge in [-0.15, -0.1) is 0 Å². The fourth-order valence-corrected chi connectivity index (χ4v) is 2.35. The Bertz CT molecular complexity index is 794. The highest BCUT2D eigenvalue weighted by molar-refractivity contribution is 9.10. The van der Waals surface area contributed by atoms with Gasteiger partial charge in [0.15, 0.2) is 5.82 Å². The number of nitrogens with zero attached hydrogens (tertiary/aromatic N) is 2. The molecular formula is C14H11BrN4O2. The van der Waals surface area contributed by atoms with E-state index in [1.54, 1.807) is 19.1 Å². The molecule has 0 spiro atoms. The van der Waals surface area contributed by atoms with Crippen molar-refractivity contribution in [3.8, 4) is 11.3 Å². The lowest BCUT2D eigenvalue weighted by Gasteiger charge is -1.99. The smallest absolute Gasteiger partial charge is 0.295 e. The zero-order valence-corrected chi connectivity index (χ0v) is 12.6. The van der Waals surface area contributed by atoms with Crippen molar-refractivity contribution in [3.63, 3.8) is 0 Å². The number of benzene rings is 1. The van der Waals surface area contributed by atoms with Crippen LogP contribution in [0.25, 0.3) is 11.3 Å². The molecule has 2 N–H and O–H groups in total. The number of aryl methyl sites for hydroxylation is 1. The number of aromatic nitrogens is 3. The third-order valence-electron chi connectivity index (χ3n) is 2.84. The number of nitrogens with one attached hydrogen (secondary N) is 2. The van der Waals surface area contributed by atoms with Crippen molar-refractivity contribution < 1.29 is 9.32 Å². The molecule has 6 nitrogen and oxygen atoms in total. The first-order chi connectivity index (χ1) is 10.1. The number of hydrogen-bond acceptors (Lipinski definition) is 4. The number of anilines is 1. The molecule has 1 aromatic carbocycles. The average molecular weight is 347 g/mol. The molecule has 0 aliphatic carbocycles. The molecule has 0 unspecified atom stereocenters. The summed E-state index contributed by atoms with van der Waals surface area (Å²) in [6, 6.07) is 11.1. The second-order valence-corrected chi connectivity index (χ2v) is 5.29. The predicted molar refractivity (Wildman–Crippen MR) is 80.9 cm³/mol. The summed E-state index contributed by atoms with van der Waals surface area (Å²) in [7, 11) is 0. The maximum atomic E-state index is 11.9. The largest absolute Gasteiger partial charge is 0.351 e. The van der Waals surface area contributed by atoms with Gasteiger partial charge in [-0.1, -0.05) is 39.3 Å². The van der Waals surface area contributed by atoms with Crippen molar-refractivity contribution in [1.29, 1.82) is 0 Å². The van der Waals surface area contributed by atoms with Gasteiger partial charge in [0.1, 0.15) is 0 Å². The van der Waals surface area contributed by atoms with Crippen molar-refractivity contribution in [1.82, 2.24) is 15.4 Å². The van der Waals surface area contributed by atoms with Crippen molar-refractivity contribution in [2.24, 2.45) is 0 Å². The first-order valence-corrected chi connectivity index (χ1v) is 6.98. The predicted octanol–water partition coefficient (Wildman–Crippen LogP) is 3.39.